The van der Waals surface area contributed by atoms with Crippen LogP contribution in [0.25, 0.3) is 5.78 Å². The number of hydrogen-bond acceptors (Lipinski definition) is 5. The molecule has 0 aliphatic heterocycles. The van der Waals surface area contributed by atoms with Gasteiger partial charge >= 0.3 is 0 Å². The number of halogens is 1. The van der Waals surface area contributed by atoms with Gasteiger partial charge in [0.15, 0.2) is 0 Å². The molecular formula is C12H16ClN5O. The monoisotopic (exact) mass is 281 g/mol. The molecule has 2 aromatic heterocycles. The van der Waals surface area contributed by atoms with Crippen LogP contribution in [0.4, 0.5) is 5.82 Å². The first kappa shape index (κ1) is 12.6. The minimum Gasteiger partial charge on any atom is -0.396 e. The standard InChI is InChI=1S/C12H16ClN5O/c13-10-5-11(18-12(17-10)14-7-15-18)16-9-4-2-1-3-8(9)6-19/h5,7-9,16,19H,1-4,6H2. The second kappa shape index (κ2) is 5.30. The van der Waals surface area contributed by atoms with Crippen molar-refractivity contribution in [3.05, 3.63) is 17.5 Å². The SMILES string of the molecule is OCC1CCCCC1Nc1cc(Cl)nc2ncnn12. The summed E-state index contributed by atoms with van der Waals surface area (Å²) >= 11 is 5.99. The summed E-state index contributed by atoms with van der Waals surface area (Å²) in [5, 5.41) is 17.4. The Labute approximate surface area is 115 Å². The number of hydrogen-bond donors (Lipinski definition) is 2. The van der Waals surface area contributed by atoms with E-state index in [9.17, 15) is 5.11 Å². The Morgan fingerprint density at radius 2 is 2.26 bits per heavy atom. The van der Waals surface area contributed by atoms with E-state index in [2.05, 4.69) is 20.4 Å². The van der Waals surface area contributed by atoms with E-state index < -0.39 is 0 Å². The highest BCUT2D eigenvalue weighted by Crippen LogP contribution is 2.27. The maximum absolute atomic E-state index is 9.45. The van der Waals surface area contributed by atoms with Gasteiger partial charge in [0.05, 0.1) is 0 Å². The third kappa shape index (κ3) is 2.50. The molecule has 6 nitrogen and oxygen atoms in total. The van der Waals surface area contributed by atoms with Crippen LogP contribution >= 0.6 is 11.6 Å². The highest BCUT2D eigenvalue weighted by atomic mass is 35.5. The summed E-state index contributed by atoms with van der Waals surface area (Å²) < 4.78 is 1.63. The number of aliphatic hydroxyl groups excluding tert-OH is 1. The third-order valence-electron chi connectivity index (χ3n) is 3.70. The molecule has 2 heterocycles. The molecule has 1 aliphatic carbocycles. The first-order valence-electron chi connectivity index (χ1n) is 6.51. The van der Waals surface area contributed by atoms with Crippen molar-refractivity contribution in [3.8, 4) is 0 Å². The second-order valence-electron chi connectivity index (χ2n) is 4.91. The van der Waals surface area contributed by atoms with E-state index in [0.717, 1.165) is 18.7 Å². The molecule has 102 valence electrons. The Balaban J connectivity index is 1.89. The van der Waals surface area contributed by atoms with Crippen molar-refractivity contribution in [1.82, 2.24) is 19.6 Å². The molecule has 1 saturated carbocycles. The molecule has 2 unspecified atom stereocenters. The van der Waals surface area contributed by atoms with E-state index in [1.807, 2.05) is 0 Å². The van der Waals surface area contributed by atoms with Gasteiger partial charge in [0.1, 0.15) is 17.3 Å². The minimum atomic E-state index is 0.205. The van der Waals surface area contributed by atoms with Gasteiger partial charge in [-0.1, -0.05) is 24.4 Å². The van der Waals surface area contributed by atoms with Crippen LogP contribution < -0.4 is 5.32 Å². The van der Waals surface area contributed by atoms with Gasteiger partial charge in [0, 0.05) is 24.6 Å². The average Bonchev–Trinajstić information content (AvgIpc) is 2.87. The first-order chi connectivity index (χ1) is 9.28. The molecule has 1 fully saturated rings. The molecule has 1 aliphatic rings. The molecule has 2 aromatic rings. The molecule has 0 bridgehead atoms. The Bertz CT molecular complexity index is 572. The zero-order valence-corrected chi connectivity index (χ0v) is 11.2. The van der Waals surface area contributed by atoms with Crippen LogP contribution in [-0.2, 0) is 0 Å². The number of aliphatic hydroxyl groups is 1. The van der Waals surface area contributed by atoms with Crippen LogP contribution in [0, 0.1) is 5.92 Å². The van der Waals surface area contributed by atoms with E-state index >= 15 is 0 Å². The summed E-state index contributed by atoms with van der Waals surface area (Å²) in [6.45, 7) is 0.205. The maximum atomic E-state index is 9.45. The summed E-state index contributed by atoms with van der Waals surface area (Å²) in [6.07, 6.45) is 5.90. The van der Waals surface area contributed by atoms with Crippen molar-refractivity contribution in [1.29, 1.82) is 0 Å². The fraction of sp³-hybridized carbons (Fsp3) is 0.583. The number of rotatable bonds is 3. The topological polar surface area (TPSA) is 75.3 Å². The van der Waals surface area contributed by atoms with E-state index in [1.54, 1.807) is 10.6 Å². The van der Waals surface area contributed by atoms with Crippen LogP contribution in [-0.4, -0.2) is 37.3 Å². The number of aromatic nitrogens is 4. The van der Waals surface area contributed by atoms with Gasteiger partial charge < -0.3 is 10.4 Å². The van der Waals surface area contributed by atoms with Crippen LogP contribution in [0.1, 0.15) is 25.7 Å². The Morgan fingerprint density at radius 3 is 3.11 bits per heavy atom. The zero-order valence-electron chi connectivity index (χ0n) is 10.5. The van der Waals surface area contributed by atoms with Gasteiger partial charge in [-0.15, -0.1) is 0 Å². The molecule has 0 aromatic carbocycles. The van der Waals surface area contributed by atoms with Crippen molar-refractivity contribution in [3.63, 3.8) is 0 Å². The van der Waals surface area contributed by atoms with Crippen molar-refractivity contribution in [2.75, 3.05) is 11.9 Å². The van der Waals surface area contributed by atoms with Crippen LogP contribution in [0.5, 0.6) is 0 Å². The first-order valence-corrected chi connectivity index (χ1v) is 6.89. The molecule has 2 N–H and O–H groups in total. The van der Waals surface area contributed by atoms with Gasteiger partial charge in [-0.2, -0.15) is 19.6 Å². The largest absolute Gasteiger partial charge is 0.396 e. The summed E-state index contributed by atoms with van der Waals surface area (Å²) in [7, 11) is 0. The highest BCUT2D eigenvalue weighted by Gasteiger charge is 2.25. The minimum absolute atomic E-state index is 0.205. The maximum Gasteiger partial charge on any atom is 0.255 e. The van der Waals surface area contributed by atoms with Gasteiger partial charge in [0.25, 0.3) is 5.78 Å². The molecule has 0 amide bonds. The fourth-order valence-corrected chi connectivity index (χ4v) is 2.87. The highest BCUT2D eigenvalue weighted by molar-refractivity contribution is 6.29. The summed E-state index contributed by atoms with van der Waals surface area (Å²) in [6, 6.07) is 1.98. The van der Waals surface area contributed by atoms with Crippen molar-refractivity contribution < 1.29 is 5.11 Å². The van der Waals surface area contributed by atoms with Gasteiger partial charge in [-0.05, 0) is 12.8 Å². The van der Waals surface area contributed by atoms with Crippen LogP contribution in [0.15, 0.2) is 12.4 Å². The van der Waals surface area contributed by atoms with Gasteiger partial charge in [0.2, 0.25) is 0 Å². The van der Waals surface area contributed by atoms with E-state index in [0.29, 0.717) is 10.9 Å². The number of nitrogens with zero attached hydrogens (tertiary/aromatic N) is 4. The quantitative estimate of drug-likeness (QED) is 0.838. The Hall–Kier alpha value is -1.40. The third-order valence-corrected chi connectivity index (χ3v) is 3.89. The molecular weight excluding hydrogens is 266 g/mol. The van der Waals surface area contributed by atoms with Crippen molar-refractivity contribution in [2.45, 2.75) is 31.7 Å². The van der Waals surface area contributed by atoms with Gasteiger partial charge in [-0.25, -0.2) is 0 Å². The van der Waals surface area contributed by atoms with Crippen LogP contribution in [0.2, 0.25) is 5.15 Å². The van der Waals surface area contributed by atoms with Crippen LogP contribution in [0.3, 0.4) is 0 Å². The summed E-state index contributed by atoms with van der Waals surface area (Å²) in [5.41, 5.74) is 0. The lowest BCUT2D eigenvalue weighted by Crippen LogP contribution is -2.35. The molecule has 7 heteroatoms. The smallest absolute Gasteiger partial charge is 0.255 e. The van der Waals surface area contributed by atoms with E-state index in [4.69, 9.17) is 11.6 Å². The zero-order chi connectivity index (χ0) is 13.2. The molecule has 2 atom stereocenters. The lowest BCUT2D eigenvalue weighted by Gasteiger charge is -2.31. The molecule has 0 saturated heterocycles. The lowest BCUT2D eigenvalue weighted by molar-refractivity contribution is 0.178. The summed E-state index contributed by atoms with van der Waals surface area (Å²) in [4.78, 5) is 8.13. The number of nitrogens with one attached hydrogen (secondary N) is 1. The predicted octanol–water partition coefficient (Wildman–Crippen LogP) is 1.74. The lowest BCUT2D eigenvalue weighted by atomic mass is 9.85. The predicted molar refractivity (Wildman–Crippen MR) is 72.2 cm³/mol. The van der Waals surface area contributed by atoms with Crippen molar-refractivity contribution in [2.24, 2.45) is 5.92 Å². The Kier molecular flexibility index (Phi) is 3.52. The van der Waals surface area contributed by atoms with Crippen molar-refractivity contribution >= 4 is 23.2 Å². The average molecular weight is 282 g/mol. The molecule has 0 spiro atoms. The Morgan fingerprint density at radius 1 is 1.42 bits per heavy atom. The van der Waals surface area contributed by atoms with Gasteiger partial charge in [-0.3, -0.25) is 0 Å². The molecule has 19 heavy (non-hydrogen) atoms. The molecule has 0 radical (unpaired) electrons. The van der Waals surface area contributed by atoms with E-state index in [-0.39, 0.29) is 18.6 Å². The fourth-order valence-electron chi connectivity index (χ4n) is 2.69. The number of anilines is 1. The summed E-state index contributed by atoms with van der Waals surface area (Å²) in [5.74, 6) is 1.53. The van der Waals surface area contributed by atoms with E-state index in [1.165, 1.54) is 19.2 Å². The number of fused-ring (bicyclic) bond motifs is 1. The second-order valence-corrected chi connectivity index (χ2v) is 5.30. The molecule has 3 rings (SSSR count). The normalized spacial score (nSPS) is 23.7.